The Balaban J connectivity index is 1.55. The van der Waals surface area contributed by atoms with Gasteiger partial charge < -0.3 is 24.4 Å². The summed E-state index contributed by atoms with van der Waals surface area (Å²) >= 11 is 0. The van der Waals surface area contributed by atoms with Crippen molar-refractivity contribution >= 4 is 27.4 Å². The number of aryl methyl sites for hydroxylation is 1. The zero-order valence-corrected chi connectivity index (χ0v) is 20.4. The molecule has 2 heterocycles. The van der Waals surface area contributed by atoms with Crippen molar-refractivity contribution in [3.05, 3.63) is 65.4 Å². The predicted molar refractivity (Wildman–Crippen MR) is 138 cm³/mol. The highest BCUT2D eigenvalue weighted by Gasteiger charge is 2.25. The van der Waals surface area contributed by atoms with Crippen molar-refractivity contribution in [1.29, 1.82) is 5.26 Å². The summed E-state index contributed by atoms with van der Waals surface area (Å²) in [5.41, 5.74) is 2.49. The molecule has 0 bridgehead atoms. The molecule has 1 aliphatic rings. The molecule has 1 atom stereocenters. The van der Waals surface area contributed by atoms with E-state index in [1.54, 1.807) is 21.3 Å². The topological polar surface area (TPSA) is 79.6 Å². The number of aromatic nitrogens is 1. The number of nitriles is 1. The molecule has 3 aromatic carbocycles. The van der Waals surface area contributed by atoms with E-state index in [0.717, 1.165) is 47.4 Å². The lowest BCUT2D eigenvalue weighted by molar-refractivity contribution is 0.356. The highest BCUT2D eigenvalue weighted by atomic mass is 16.5. The van der Waals surface area contributed by atoms with Gasteiger partial charge >= 0.3 is 0 Å². The fourth-order valence-corrected chi connectivity index (χ4v) is 4.87. The fourth-order valence-electron chi connectivity index (χ4n) is 4.87. The Morgan fingerprint density at radius 2 is 1.66 bits per heavy atom. The van der Waals surface area contributed by atoms with E-state index < -0.39 is 0 Å². The number of anilines is 1. The SMILES string of the molecule is COc1ccc2cc(C3CN(c4nc(C)c(C#N)c5cc(OC)c(OC)cc45)CCN3)ccc2c1. The number of hydrogen-bond acceptors (Lipinski definition) is 7. The van der Waals surface area contributed by atoms with Crippen LogP contribution in [-0.2, 0) is 0 Å². The second-order valence-electron chi connectivity index (χ2n) is 8.69. The Hall–Kier alpha value is -4.02. The van der Waals surface area contributed by atoms with Crippen LogP contribution >= 0.6 is 0 Å². The number of ether oxygens (including phenoxy) is 3. The minimum atomic E-state index is 0.142. The van der Waals surface area contributed by atoms with E-state index in [-0.39, 0.29) is 6.04 Å². The summed E-state index contributed by atoms with van der Waals surface area (Å²) < 4.78 is 16.4. The molecule has 0 radical (unpaired) electrons. The average Bonchev–Trinajstić information content (AvgIpc) is 2.91. The van der Waals surface area contributed by atoms with Crippen molar-refractivity contribution < 1.29 is 14.2 Å². The number of rotatable bonds is 5. The summed E-state index contributed by atoms with van der Waals surface area (Å²) in [6.07, 6.45) is 0. The molecule has 1 aromatic heterocycles. The van der Waals surface area contributed by atoms with Gasteiger partial charge in [-0.2, -0.15) is 5.26 Å². The van der Waals surface area contributed by atoms with Crippen LogP contribution in [0.5, 0.6) is 17.2 Å². The smallest absolute Gasteiger partial charge is 0.161 e. The van der Waals surface area contributed by atoms with Gasteiger partial charge in [-0.15, -0.1) is 0 Å². The molecule has 0 amide bonds. The molecule has 178 valence electrons. The molecular weight excluding hydrogens is 440 g/mol. The Labute approximate surface area is 204 Å². The lowest BCUT2D eigenvalue weighted by Crippen LogP contribution is -2.46. The molecule has 1 saturated heterocycles. The first kappa shape index (κ1) is 22.8. The second kappa shape index (κ2) is 9.32. The van der Waals surface area contributed by atoms with E-state index in [1.165, 1.54) is 10.9 Å². The molecule has 0 aliphatic carbocycles. The third-order valence-corrected chi connectivity index (χ3v) is 6.73. The molecule has 4 aromatic rings. The van der Waals surface area contributed by atoms with Gasteiger partial charge in [0.25, 0.3) is 0 Å². The third-order valence-electron chi connectivity index (χ3n) is 6.73. The van der Waals surface area contributed by atoms with Crippen LogP contribution in [-0.4, -0.2) is 45.9 Å². The molecule has 1 aliphatic heterocycles. The van der Waals surface area contributed by atoms with Gasteiger partial charge in [0.05, 0.1) is 32.6 Å². The molecular formula is C28H28N4O3. The predicted octanol–water partition coefficient (Wildman–Crippen LogP) is 4.74. The standard InChI is InChI=1S/C28H28N4O3/c1-17-24(15-29)22-13-26(34-3)27(35-4)14-23(22)28(31-17)32-10-9-30-25(16-32)20-6-5-19-12-21(33-2)8-7-18(19)11-20/h5-8,11-14,25,30H,9-10,16H2,1-4H3. The third kappa shape index (κ3) is 4.07. The van der Waals surface area contributed by atoms with E-state index in [4.69, 9.17) is 19.2 Å². The van der Waals surface area contributed by atoms with E-state index in [2.05, 4.69) is 46.6 Å². The van der Waals surface area contributed by atoms with Crippen LogP contribution in [0.15, 0.2) is 48.5 Å². The molecule has 1 N–H and O–H groups in total. The van der Waals surface area contributed by atoms with E-state index >= 15 is 0 Å². The Morgan fingerprint density at radius 3 is 2.37 bits per heavy atom. The average molecular weight is 469 g/mol. The monoisotopic (exact) mass is 468 g/mol. The van der Waals surface area contributed by atoms with Crippen molar-refractivity contribution in [3.63, 3.8) is 0 Å². The normalized spacial score (nSPS) is 15.7. The van der Waals surface area contributed by atoms with Gasteiger partial charge in [-0.05, 0) is 53.6 Å². The van der Waals surface area contributed by atoms with Gasteiger partial charge in [-0.1, -0.05) is 18.2 Å². The number of pyridine rings is 1. The van der Waals surface area contributed by atoms with Gasteiger partial charge in [0.15, 0.2) is 11.5 Å². The zero-order chi connectivity index (χ0) is 24.5. The number of nitrogens with zero attached hydrogens (tertiary/aromatic N) is 3. The number of nitrogens with one attached hydrogen (secondary N) is 1. The summed E-state index contributed by atoms with van der Waals surface area (Å²) in [6.45, 7) is 4.27. The van der Waals surface area contributed by atoms with Gasteiger partial charge in [0.2, 0.25) is 0 Å². The summed E-state index contributed by atoms with van der Waals surface area (Å²) in [4.78, 5) is 7.18. The second-order valence-corrected chi connectivity index (χ2v) is 8.69. The van der Waals surface area contributed by atoms with Gasteiger partial charge in [-0.25, -0.2) is 4.98 Å². The summed E-state index contributed by atoms with van der Waals surface area (Å²) in [6, 6.07) is 19.0. The lowest BCUT2D eigenvalue weighted by atomic mass is 9.99. The van der Waals surface area contributed by atoms with Crippen LogP contribution in [0.2, 0.25) is 0 Å². The van der Waals surface area contributed by atoms with Gasteiger partial charge in [0.1, 0.15) is 17.6 Å². The number of piperazine rings is 1. The first-order valence-electron chi connectivity index (χ1n) is 11.6. The van der Waals surface area contributed by atoms with E-state index in [9.17, 15) is 5.26 Å². The molecule has 7 nitrogen and oxygen atoms in total. The zero-order valence-electron chi connectivity index (χ0n) is 20.4. The van der Waals surface area contributed by atoms with Crippen LogP contribution in [0.25, 0.3) is 21.5 Å². The molecule has 7 heteroatoms. The van der Waals surface area contributed by atoms with E-state index in [0.29, 0.717) is 22.8 Å². The van der Waals surface area contributed by atoms with Crippen LogP contribution in [0, 0.1) is 18.3 Å². The van der Waals surface area contributed by atoms with Gasteiger partial charge in [-0.3, -0.25) is 0 Å². The molecule has 1 unspecified atom stereocenters. The van der Waals surface area contributed by atoms with Crippen LogP contribution in [0.1, 0.15) is 22.9 Å². The largest absolute Gasteiger partial charge is 0.497 e. The molecule has 35 heavy (non-hydrogen) atoms. The van der Waals surface area contributed by atoms with Crippen molar-refractivity contribution in [2.75, 3.05) is 45.9 Å². The minimum Gasteiger partial charge on any atom is -0.497 e. The van der Waals surface area contributed by atoms with Crippen LogP contribution < -0.4 is 24.4 Å². The number of hydrogen-bond donors (Lipinski definition) is 1. The number of fused-ring (bicyclic) bond motifs is 2. The van der Waals surface area contributed by atoms with Crippen molar-refractivity contribution in [2.45, 2.75) is 13.0 Å². The molecule has 0 saturated carbocycles. The Bertz CT molecular complexity index is 1460. The highest BCUT2D eigenvalue weighted by molar-refractivity contribution is 5.99. The maximum Gasteiger partial charge on any atom is 0.161 e. The maximum absolute atomic E-state index is 9.82. The van der Waals surface area contributed by atoms with Crippen molar-refractivity contribution in [1.82, 2.24) is 10.3 Å². The van der Waals surface area contributed by atoms with E-state index in [1.807, 2.05) is 25.1 Å². The van der Waals surface area contributed by atoms with Gasteiger partial charge in [0, 0.05) is 36.4 Å². The molecule has 0 spiro atoms. The lowest BCUT2D eigenvalue weighted by Gasteiger charge is -2.35. The minimum absolute atomic E-state index is 0.142. The Kier molecular flexibility index (Phi) is 6.06. The first-order valence-corrected chi connectivity index (χ1v) is 11.6. The molecule has 1 fully saturated rings. The van der Waals surface area contributed by atoms with Crippen molar-refractivity contribution in [2.24, 2.45) is 0 Å². The number of methoxy groups -OCH3 is 3. The molecule has 5 rings (SSSR count). The quantitative estimate of drug-likeness (QED) is 0.453. The Morgan fingerprint density at radius 1 is 0.943 bits per heavy atom. The van der Waals surface area contributed by atoms with Crippen LogP contribution in [0.4, 0.5) is 5.82 Å². The maximum atomic E-state index is 9.82. The van der Waals surface area contributed by atoms with Crippen LogP contribution in [0.3, 0.4) is 0 Å². The summed E-state index contributed by atoms with van der Waals surface area (Å²) in [7, 11) is 4.90. The fraction of sp³-hybridized carbons (Fsp3) is 0.286. The van der Waals surface area contributed by atoms with Crippen molar-refractivity contribution in [3.8, 4) is 23.3 Å². The summed E-state index contributed by atoms with van der Waals surface area (Å²) in [5, 5.41) is 17.5. The highest BCUT2D eigenvalue weighted by Crippen LogP contribution is 2.39. The first-order chi connectivity index (χ1) is 17.1. The summed E-state index contributed by atoms with van der Waals surface area (Å²) in [5.74, 6) is 2.93. The number of benzene rings is 3.